The Morgan fingerprint density at radius 1 is 0.426 bits per heavy atom. The summed E-state index contributed by atoms with van der Waals surface area (Å²) in [5.74, 6) is 5.34. The molecule has 8 atom stereocenters. The second kappa shape index (κ2) is 37.5. The van der Waals surface area contributed by atoms with Gasteiger partial charge in [0.05, 0.1) is 71.3 Å². The molecule has 34 heteroatoms. The standard InChI is InChI=1S/C21H23F2N5O3.2C17H18F2N4O3.C11H15F2N3O.CH4/c1-27-12-19(29)28(21(27)30)16-5-4-15(24-9-16)7-13-2-3-14(6-13)8-18-25-10-17(11-26-18)31-20(22)23;2*18-17(19)26-15-9-21-16(22-10-15)7-12-2-1-11(5-12)6-13-3-4-14(8-20-13)23(24)25;12-11(13)17-9-5-15-10(16-6-9)4-7-1-2-8(14)3-7;/h4-5,9-11,13-14,20H,2-3,6-8,12H2,1H3;2*3-4,8-12,17H,1-2,5-7H2;5-8,11H,1-4,14H2;1H4/t13-,14-;2*11-,12-;7-,8-;/m0000./s1. The van der Waals surface area contributed by atoms with Gasteiger partial charge in [-0.05, 0) is 162 Å². The number of carbonyl (C=O) groups is 2. The molecule has 0 bridgehead atoms. The van der Waals surface area contributed by atoms with E-state index in [1.165, 1.54) is 79.0 Å². The molecule has 3 amide bonds. The number of imide groups is 1. The van der Waals surface area contributed by atoms with Gasteiger partial charge in [-0.3, -0.25) is 40.0 Å². The maximum Gasteiger partial charge on any atom is 0.387 e. The third kappa shape index (κ3) is 24.8. The zero-order valence-electron chi connectivity index (χ0n) is 54.3. The van der Waals surface area contributed by atoms with E-state index in [2.05, 4.69) is 73.8 Å². The third-order valence-electron chi connectivity index (χ3n) is 17.8. The Labute approximate surface area is 576 Å². The molecule has 2 N–H and O–H groups in total. The number of urea groups is 1. The van der Waals surface area contributed by atoms with Gasteiger partial charge >= 0.3 is 32.5 Å². The van der Waals surface area contributed by atoms with Crippen molar-refractivity contribution in [3.63, 3.8) is 0 Å². The molecule has 4 aliphatic carbocycles. The number of hydrogen-bond donors (Lipinski definition) is 1. The molecule has 7 aromatic rings. The number of pyridine rings is 3. The van der Waals surface area contributed by atoms with E-state index in [1.54, 1.807) is 31.4 Å². The van der Waals surface area contributed by atoms with Crippen molar-refractivity contribution >= 4 is 29.0 Å². The van der Waals surface area contributed by atoms with E-state index in [9.17, 15) is 64.9 Å². The Morgan fingerprint density at radius 3 is 0.950 bits per heavy atom. The molecule has 1 aliphatic heterocycles. The first kappa shape index (κ1) is 76.9. The molecule has 7 aromatic heterocycles. The summed E-state index contributed by atoms with van der Waals surface area (Å²) in [5.41, 5.74) is 8.92. The van der Waals surface area contributed by atoms with Crippen molar-refractivity contribution in [3.8, 4) is 23.0 Å². The molecular weight excluding hydrogens is 1340 g/mol. The van der Waals surface area contributed by atoms with Crippen LogP contribution in [0.1, 0.15) is 125 Å². The van der Waals surface area contributed by atoms with Crippen molar-refractivity contribution in [3.05, 3.63) is 165 Å². The highest BCUT2D eigenvalue weighted by atomic mass is 19.3. The summed E-state index contributed by atoms with van der Waals surface area (Å²) in [7, 11) is 1.59. The summed E-state index contributed by atoms with van der Waals surface area (Å²) < 4.78 is 114. The van der Waals surface area contributed by atoms with Crippen LogP contribution in [0, 0.1) is 61.7 Å². The van der Waals surface area contributed by atoms with E-state index in [-0.39, 0.29) is 66.3 Å². The maximum absolute atomic E-state index is 12.2. The molecule has 4 saturated carbocycles. The third-order valence-corrected chi connectivity index (χ3v) is 17.8. The Balaban J connectivity index is 0.000000174. The van der Waals surface area contributed by atoms with Gasteiger partial charge in [0.2, 0.25) is 0 Å². The van der Waals surface area contributed by atoms with Crippen LogP contribution in [0.25, 0.3) is 0 Å². The van der Waals surface area contributed by atoms with Crippen molar-refractivity contribution in [1.82, 2.24) is 59.7 Å². The Bertz CT molecular complexity index is 3600. The zero-order chi connectivity index (χ0) is 71.2. The summed E-state index contributed by atoms with van der Waals surface area (Å²) in [6.07, 6.45) is 32.0. The molecule has 0 spiro atoms. The van der Waals surface area contributed by atoms with Crippen LogP contribution in [-0.4, -0.2) is 128 Å². The zero-order valence-corrected chi connectivity index (χ0v) is 54.3. The fourth-order valence-electron chi connectivity index (χ4n) is 13.1. The number of halogens is 8. The summed E-state index contributed by atoms with van der Waals surface area (Å²) in [4.78, 5) is 92.4. The van der Waals surface area contributed by atoms with Crippen LogP contribution >= 0.6 is 0 Å². The van der Waals surface area contributed by atoms with Crippen molar-refractivity contribution in [1.29, 1.82) is 0 Å². The van der Waals surface area contributed by atoms with Gasteiger partial charge in [-0.1, -0.05) is 7.43 Å². The van der Waals surface area contributed by atoms with Crippen LogP contribution in [0.5, 0.6) is 23.0 Å². The number of likely N-dealkylation sites (N-methyl/N-ethyl adjacent to an activating group) is 1. The van der Waals surface area contributed by atoms with Crippen LogP contribution in [0.2, 0.25) is 0 Å². The molecule has 5 aliphatic rings. The van der Waals surface area contributed by atoms with Gasteiger partial charge in [0.15, 0.2) is 23.0 Å². The minimum absolute atomic E-state index is 0. The number of anilines is 1. The molecule has 542 valence electrons. The van der Waals surface area contributed by atoms with Gasteiger partial charge in [-0.2, -0.15) is 35.1 Å². The second-order valence-corrected chi connectivity index (χ2v) is 25.3. The van der Waals surface area contributed by atoms with Crippen LogP contribution in [0.3, 0.4) is 0 Å². The summed E-state index contributed by atoms with van der Waals surface area (Å²) in [6, 6.07) is 9.94. The molecule has 12 rings (SSSR count). The fourth-order valence-corrected chi connectivity index (χ4v) is 13.1. The monoisotopic (exact) mass is 1420 g/mol. The first-order valence-corrected chi connectivity index (χ1v) is 32.5. The molecule has 0 radical (unpaired) electrons. The number of hydrogen-bond acceptors (Lipinski definition) is 22. The number of ether oxygens (including phenoxy) is 4. The lowest BCUT2D eigenvalue weighted by Crippen LogP contribution is -2.31. The van der Waals surface area contributed by atoms with Crippen LogP contribution in [-0.2, 0) is 49.7 Å². The normalized spacial score (nSPS) is 20.8. The van der Waals surface area contributed by atoms with Crippen molar-refractivity contribution in [2.45, 2.75) is 162 Å². The summed E-state index contributed by atoms with van der Waals surface area (Å²) >= 11 is 0. The molecule has 8 heterocycles. The highest BCUT2D eigenvalue weighted by Gasteiger charge is 2.36. The molecular formula is C67H78F8N16O10. The molecule has 0 aromatic carbocycles. The minimum atomic E-state index is -2.88. The molecule has 0 unspecified atom stereocenters. The van der Waals surface area contributed by atoms with Gasteiger partial charge < -0.3 is 29.6 Å². The maximum atomic E-state index is 12.2. The van der Waals surface area contributed by atoms with Crippen molar-refractivity contribution in [2.24, 2.45) is 47.2 Å². The molecule has 26 nitrogen and oxygen atoms in total. The number of nitrogens with zero attached hydrogens (tertiary/aromatic N) is 15. The number of aromatic nitrogens is 11. The second-order valence-electron chi connectivity index (χ2n) is 25.3. The average molecular weight is 1420 g/mol. The lowest BCUT2D eigenvalue weighted by Gasteiger charge is -2.15. The number of carbonyl (C=O) groups excluding carboxylic acids is 2. The van der Waals surface area contributed by atoms with Crippen LogP contribution in [0.4, 0.5) is 57.0 Å². The smallest absolute Gasteiger partial charge is 0.387 e. The molecule has 101 heavy (non-hydrogen) atoms. The van der Waals surface area contributed by atoms with Crippen molar-refractivity contribution in [2.75, 3.05) is 18.5 Å². The summed E-state index contributed by atoms with van der Waals surface area (Å²) in [6.45, 7) is -11.4. The highest BCUT2D eigenvalue weighted by molar-refractivity contribution is 6.19. The lowest BCUT2D eigenvalue weighted by atomic mass is 9.97. The minimum Gasteiger partial charge on any atom is -0.432 e. The average Bonchev–Trinajstić information content (AvgIpc) is 1.69. The van der Waals surface area contributed by atoms with Gasteiger partial charge in [0.25, 0.3) is 17.3 Å². The SMILES string of the molecule is C.CN1CC(=O)N(c2ccc(C[C@H]3CC[C@H](Cc4ncc(OC(F)F)cn4)C3)nc2)C1=O.N[C@H]1CC[C@H](Cc2ncc(OC(F)F)cn2)C1.O=[N+]([O-])c1ccc(C[C@H]2CC[C@H](Cc3ncc(OC(F)F)cn3)C2)nc1.O=[N+]([O-])c1ccc(C[C@H]2CC[C@H](Cc3ncc(OC(F)F)cn3)C2)nc1. The van der Waals surface area contributed by atoms with E-state index in [1.807, 2.05) is 6.07 Å². The first-order valence-electron chi connectivity index (χ1n) is 32.5. The van der Waals surface area contributed by atoms with Gasteiger partial charge in [-0.15, -0.1) is 0 Å². The Hall–Kier alpha value is -9.89. The predicted octanol–water partition coefficient (Wildman–Crippen LogP) is 12.6. The summed E-state index contributed by atoms with van der Waals surface area (Å²) in [5, 5.41) is 21.3. The molecule has 1 saturated heterocycles. The van der Waals surface area contributed by atoms with Crippen molar-refractivity contribution < 1.29 is 73.5 Å². The predicted molar refractivity (Wildman–Crippen MR) is 347 cm³/mol. The number of nitro groups is 2. The van der Waals surface area contributed by atoms with E-state index >= 15 is 0 Å². The quantitative estimate of drug-likeness (QED) is 0.0240. The van der Waals surface area contributed by atoms with E-state index < -0.39 is 36.3 Å². The largest absolute Gasteiger partial charge is 0.432 e. The van der Waals surface area contributed by atoms with Gasteiger partial charge in [0.1, 0.15) is 42.2 Å². The Kier molecular flexibility index (Phi) is 28.5. The number of rotatable bonds is 25. The fraction of sp³-hybridized carbons (Fsp3) is 0.507. The number of nitrogens with two attached hydrogens (primary N) is 1. The van der Waals surface area contributed by atoms with Gasteiger partial charge in [0, 0.05) is 68.0 Å². The van der Waals surface area contributed by atoms with E-state index in [4.69, 9.17) is 5.73 Å². The van der Waals surface area contributed by atoms with E-state index in [0.29, 0.717) is 89.7 Å². The van der Waals surface area contributed by atoms with E-state index in [0.717, 1.165) is 125 Å². The topological polar surface area (TPSA) is 332 Å². The van der Waals surface area contributed by atoms with Gasteiger partial charge in [-0.25, -0.2) is 49.6 Å². The highest BCUT2D eigenvalue weighted by Crippen LogP contribution is 2.38. The number of alkyl halides is 8. The first-order chi connectivity index (χ1) is 48.0. The van der Waals surface area contributed by atoms with Crippen LogP contribution < -0.4 is 29.6 Å². The lowest BCUT2D eigenvalue weighted by molar-refractivity contribution is -0.385. The molecule has 5 fully saturated rings. The van der Waals surface area contributed by atoms with Crippen LogP contribution in [0.15, 0.2) is 105 Å². The Morgan fingerprint density at radius 2 is 0.713 bits per heavy atom. The number of amides is 3.